The minimum Gasteiger partial charge on any atom is -0.508 e. The number of hydrogen-bond donors (Lipinski definition) is 2. The molecule has 3 aromatic carbocycles. The van der Waals surface area contributed by atoms with Gasteiger partial charge in [-0.15, -0.1) is 0 Å². The van der Waals surface area contributed by atoms with Crippen molar-refractivity contribution in [3.05, 3.63) is 99.9 Å². The van der Waals surface area contributed by atoms with Gasteiger partial charge >= 0.3 is 0 Å². The number of aromatic hydroxyl groups is 1. The molecule has 5 nitrogen and oxygen atoms in total. The number of halogens is 1. The van der Waals surface area contributed by atoms with Crippen LogP contribution in [0.25, 0.3) is 0 Å². The minimum atomic E-state index is -0.380. The Balaban J connectivity index is 1.59. The quantitative estimate of drug-likeness (QED) is 0.649. The second-order valence-corrected chi connectivity index (χ2v) is 7.07. The molecule has 0 aromatic heterocycles. The van der Waals surface area contributed by atoms with Crippen molar-refractivity contribution >= 4 is 11.6 Å². The SMILES string of the molecule is N#CC1=C(N)Oc2cc(O)ccc2[C@H]1c1ccc(OCc2ccc(Cl)cc2)cc1. The second-order valence-electron chi connectivity index (χ2n) is 6.63. The standard InChI is InChI=1S/C23H17ClN2O3/c24-16-5-1-14(2-6-16)13-28-18-8-3-15(4-9-18)22-19-10-7-17(27)11-21(19)29-23(26)20(22)12-25/h1-11,22,27H,13,26H2/t22-/m1/s1. The van der Waals surface area contributed by atoms with Crippen LogP contribution in [0.5, 0.6) is 17.2 Å². The van der Waals surface area contributed by atoms with Gasteiger partial charge < -0.3 is 20.3 Å². The molecule has 1 heterocycles. The lowest BCUT2D eigenvalue weighted by Gasteiger charge is -2.26. The van der Waals surface area contributed by atoms with E-state index in [9.17, 15) is 10.4 Å². The molecule has 3 N–H and O–H groups in total. The van der Waals surface area contributed by atoms with E-state index in [1.54, 1.807) is 12.1 Å². The van der Waals surface area contributed by atoms with Crippen LogP contribution >= 0.6 is 11.6 Å². The Bertz CT molecular complexity index is 1120. The second kappa shape index (κ2) is 7.78. The maximum atomic E-state index is 9.73. The summed E-state index contributed by atoms with van der Waals surface area (Å²) in [5, 5.41) is 20.0. The number of nitrogens with two attached hydrogens (primary N) is 1. The van der Waals surface area contributed by atoms with Crippen molar-refractivity contribution in [3.63, 3.8) is 0 Å². The molecule has 6 heteroatoms. The normalized spacial score (nSPS) is 15.2. The predicted molar refractivity (Wildman–Crippen MR) is 110 cm³/mol. The molecule has 0 aliphatic carbocycles. The highest BCUT2D eigenvalue weighted by atomic mass is 35.5. The van der Waals surface area contributed by atoms with E-state index in [0.29, 0.717) is 28.7 Å². The summed E-state index contributed by atoms with van der Waals surface area (Å²) in [6.07, 6.45) is 0. The zero-order valence-electron chi connectivity index (χ0n) is 15.3. The molecule has 29 heavy (non-hydrogen) atoms. The summed E-state index contributed by atoms with van der Waals surface area (Å²) >= 11 is 5.90. The van der Waals surface area contributed by atoms with Gasteiger partial charge in [0.2, 0.25) is 5.88 Å². The van der Waals surface area contributed by atoms with Crippen molar-refractivity contribution < 1.29 is 14.6 Å². The highest BCUT2D eigenvalue weighted by molar-refractivity contribution is 6.30. The van der Waals surface area contributed by atoms with Crippen LogP contribution in [0, 0.1) is 11.3 Å². The molecule has 0 saturated heterocycles. The molecule has 3 aromatic rings. The van der Waals surface area contributed by atoms with Gasteiger partial charge in [0.05, 0.1) is 5.92 Å². The third-order valence-electron chi connectivity index (χ3n) is 4.73. The Morgan fingerprint density at radius 3 is 2.48 bits per heavy atom. The molecule has 4 rings (SSSR count). The number of nitriles is 1. The number of ether oxygens (including phenoxy) is 2. The van der Waals surface area contributed by atoms with E-state index in [-0.39, 0.29) is 17.6 Å². The number of phenolic OH excluding ortho intramolecular Hbond substituents is 1. The van der Waals surface area contributed by atoms with Gasteiger partial charge in [-0.2, -0.15) is 5.26 Å². The minimum absolute atomic E-state index is 0.0404. The molecular weight excluding hydrogens is 388 g/mol. The third kappa shape index (κ3) is 3.84. The van der Waals surface area contributed by atoms with Gasteiger partial charge in [0.15, 0.2) is 0 Å². The van der Waals surface area contributed by atoms with Gasteiger partial charge in [-0.25, -0.2) is 0 Å². The first-order valence-electron chi connectivity index (χ1n) is 8.93. The first kappa shape index (κ1) is 18.7. The summed E-state index contributed by atoms with van der Waals surface area (Å²) in [4.78, 5) is 0. The molecule has 1 atom stereocenters. The van der Waals surface area contributed by atoms with E-state index in [0.717, 1.165) is 16.7 Å². The van der Waals surface area contributed by atoms with Gasteiger partial charge in [0, 0.05) is 16.7 Å². The van der Waals surface area contributed by atoms with E-state index < -0.39 is 0 Å². The lowest BCUT2D eigenvalue weighted by Crippen LogP contribution is -2.20. The lowest BCUT2D eigenvalue weighted by molar-refractivity contribution is 0.306. The first-order valence-corrected chi connectivity index (χ1v) is 9.30. The number of phenols is 1. The Labute approximate surface area is 173 Å². The zero-order chi connectivity index (χ0) is 20.4. The van der Waals surface area contributed by atoms with Crippen LogP contribution in [-0.2, 0) is 6.61 Å². The van der Waals surface area contributed by atoms with Crippen molar-refractivity contribution in [2.45, 2.75) is 12.5 Å². The number of benzene rings is 3. The maximum Gasteiger partial charge on any atom is 0.205 e. The number of rotatable bonds is 4. The topological polar surface area (TPSA) is 88.5 Å². The maximum absolute atomic E-state index is 9.73. The highest BCUT2D eigenvalue weighted by Crippen LogP contribution is 2.43. The van der Waals surface area contributed by atoms with Crippen LogP contribution in [0.15, 0.2) is 78.2 Å². The van der Waals surface area contributed by atoms with Gasteiger partial charge in [-0.05, 0) is 41.5 Å². The van der Waals surface area contributed by atoms with Gasteiger partial charge in [0.1, 0.15) is 35.5 Å². The average molecular weight is 405 g/mol. The van der Waals surface area contributed by atoms with Crippen molar-refractivity contribution in [3.8, 4) is 23.3 Å². The highest BCUT2D eigenvalue weighted by Gasteiger charge is 2.30. The van der Waals surface area contributed by atoms with Crippen LogP contribution in [-0.4, -0.2) is 5.11 Å². The zero-order valence-corrected chi connectivity index (χ0v) is 16.1. The molecule has 0 fully saturated rings. The Morgan fingerprint density at radius 1 is 1.07 bits per heavy atom. The predicted octanol–water partition coefficient (Wildman–Crippen LogP) is 4.84. The Kier molecular flexibility index (Phi) is 5.03. The van der Waals surface area contributed by atoms with E-state index in [1.807, 2.05) is 48.5 Å². The molecule has 1 aliphatic heterocycles. The third-order valence-corrected chi connectivity index (χ3v) is 4.99. The smallest absolute Gasteiger partial charge is 0.205 e. The van der Waals surface area contributed by atoms with Crippen molar-refractivity contribution in [1.29, 1.82) is 5.26 Å². The summed E-state index contributed by atoms with van der Waals surface area (Å²) in [5.41, 5.74) is 8.94. The summed E-state index contributed by atoms with van der Waals surface area (Å²) in [6, 6.07) is 21.9. The fraction of sp³-hybridized carbons (Fsp3) is 0.0870. The molecule has 0 saturated carbocycles. The summed E-state index contributed by atoms with van der Waals surface area (Å²) < 4.78 is 11.4. The van der Waals surface area contributed by atoms with Crippen LogP contribution < -0.4 is 15.2 Å². The molecule has 0 spiro atoms. The fourth-order valence-electron chi connectivity index (χ4n) is 3.29. The van der Waals surface area contributed by atoms with Gasteiger partial charge in [-0.3, -0.25) is 0 Å². The monoisotopic (exact) mass is 404 g/mol. The van der Waals surface area contributed by atoms with Crippen LogP contribution in [0.3, 0.4) is 0 Å². The van der Waals surface area contributed by atoms with Crippen molar-refractivity contribution in [2.24, 2.45) is 5.73 Å². The average Bonchev–Trinajstić information content (AvgIpc) is 2.72. The van der Waals surface area contributed by atoms with Gasteiger partial charge in [0.25, 0.3) is 0 Å². The number of fused-ring (bicyclic) bond motifs is 1. The molecule has 1 aliphatic rings. The van der Waals surface area contributed by atoms with Crippen LogP contribution in [0.2, 0.25) is 5.02 Å². The van der Waals surface area contributed by atoms with Gasteiger partial charge in [-0.1, -0.05) is 41.9 Å². The van der Waals surface area contributed by atoms with Crippen LogP contribution in [0.4, 0.5) is 0 Å². The molecule has 0 bridgehead atoms. The summed E-state index contributed by atoms with van der Waals surface area (Å²) in [6.45, 7) is 0.423. The number of allylic oxidation sites excluding steroid dienone is 1. The molecule has 0 radical (unpaired) electrons. The fourth-order valence-corrected chi connectivity index (χ4v) is 3.42. The largest absolute Gasteiger partial charge is 0.508 e. The number of hydrogen-bond acceptors (Lipinski definition) is 5. The summed E-state index contributed by atoms with van der Waals surface area (Å²) in [7, 11) is 0. The summed E-state index contributed by atoms with van der Waals surface area (Å²) in [5.74, 6) is 0.877. The van der Waals surface area contributed by atoms with Crippen LogP contribution in [0.1, 0.15) is 22.6 Å². The van der Waals surface area contributed by atoms with E-state index in [1.165, 1.54) is 6.07 Å². The first-order chi connectivity index (χ1) is 14.0. The Hall–Kier alpha value is -3.62. The van der Waals surface area contributed by atoms with E-state index >= 15 is 0 Å². The molecular formula is C23H17ClN2O3. The van der Waals surface area contributed by atoms with Crippen molar-refractivity contribution in [2.75, 3.05) is 0 Å². The Morgan fingerprint density at radius 2 is 1.79 bits per heavy atom. The molecule has 0 unspecified atom stereocenters. The van der Waals surface area contributed by atoms with Crippen molar-refractivity contribution in [1.82, 2.24) is 0 Å². The molecule has 144 valence electrons. The van der Waals surface area contributed by atoms with E-state index in [4.69, 9.17) is 26.8 Å². The lowest BCUT2D eigenvalue weighted by atomic mass is 9.83. The van der Waals surface area contributed by atoms with E-state index in [2.05, 4.69) is 6.07 Å². The number of nitrogens with zero attached hydrogens (tertiary/aromatic N) is 1. The molecule has 0 amide bonds.